The first-order chi connectivity index (χ1) is 20.9. The van der Waals surface area contributed by atoms with Crippen LogP contribution in [0.2, 0.25) is 0 Å². The third kappa shape index (κ3) is 25.1. The Morgan fingerprint density at radius 2 is 0.744 bits per heavy atom. The predicted molar refractivity (Wildman–Crippen MR) is 182 cm³/mol. The fraction of sp³-hybridized carbons (Fsp3) is 0.947. The average Bonchev–Trinajstić information content (AvgIpc) is 3.01. The zero-order valence-electron chi connectivity index (χ0n) is 29.0. The molecule has 4 unspecified atom stereocenters. The van der Waals surface area contributed by atoms with E-state index in [0.29, 0.717) is 12.8 Å². The topological polar surface area (TPSA) is 94.8 Å². The van der Waals surface area contributed by atoms with Gasteiger partial charge in [0.05, 0.1) is 0 Å². The second-order valence-electron chi connectivity index (χ2n) is 13.5. The van der Waals surface area contributed by atoms with Crippen molar-refractivity contribution in [1.82, 2.24) is 0 Å². The van der Waals surface area contributed by atoms with Gasteiger partial charge in [-0.15, -0.1) is 0 Å². The van der Waals surface area contributed by atoms with Crippen LogP contribution in [0.3, 0.4) is 0 Å². The molecule has 5 heteroatoms. The normalized spacial score (nSPS) is 14.5. The third-order valence-corrected chi connectivity index (χ3v) is 9.27. The molecular weight excluding hydrogens is 536 g/mol. The van der Waals surface area contributed by atoms with E-state index in [1.54, 1.807) is 6.92 Å². The molecule has 0 aliphatic rings. The Hall–Kier alpha value is -0.780. The van der Waals surface area contributed by atoms with E-state index in [4.69, 9.17) is 0 Å². The van der Waals surface area contributed by atoms with E-state index in [1.165, 1.54) is 135 Å². The van der Waals surface area contributed by atoms with Crippen molar-refractivity contribution >= 4 is 11.6 Å². The minimum absolute atomic E-state index is 0.172. The molecule has 0 aromatic heterocycles. The predicted octanol–water partition coefficient (Wildman–Crippen LogP) is 10.2. The summed E-state index contributed by atoms with van der Waals surface area (Å²) in [6.45, 7) is 6.27. The van der Waals surface area contributed by atoms with Crippen LogP contribution in [0.1, 0.15) is 207 Å². The van der Waals surface area contributed by atoms with E-state index in [-0.39, 0.29) is 6.42 Å². The van der Waals surface area contributed by atoms with Gasteiger partial charge in [-0.25, -0.2) is 0 Å². The summed E-state index contributed by atoms with van der Waals surface area (Å²) in [5.74, 6) is -1.36. The molecule has 4 atom stereocenters. The van der Waals surface area contributed by atoms with E-state index in [1.807, 2.05) is 0 Å². The Morgan fingerprint density at radius 1 is 0.442 bits per heavy atom. The number of Topliss-reactive ketones (excluding diaryl/α,β-unsaturated/α-hetero) is 2. The van der Waals surface area contributed by atoms with Crippen molar-refractivity contribution < 1.29 is 24.9 Å². The van der Waals surface area contributed by atoms with Gasteiger partial charge in [0.2, 0.25) is 0 Å². The van der Waals surface area contributed by atoms with Gasteiger partial charge in [0.1, 0.15) is 18.3 Å². The van der Waals surface area contributed by atoms with Crippen molar-refractivity contribution in [3.63, 3.8) is 0 Å². The molecular formula is C38H74O5. The highest BCUT2D eigenvalue weighted by atomic mass is 16.4. The lowest BCUT2D eigenvalue weighted by molar-refractivity contribution is -0.149. The van der Waals surface area contributed by atoms with Crippen molar-refractivity contribution in [3.05, 3.63) is 0 Å². The maximum absolute atomic E-state index is 12.6. The van der Waals surface area contributed by atoms with Crippen LogP contribution in [-0.4, -0.2) is 45.2 Å². The highest BCUT2D eigenvalue weighted by Gasteiger charge is 2.35. The number of carbonyl (C=O) groups excluding carboxylic acids is 2. The van der Waals surface area contributed by atoms with Crippen LogP contribution in [0.15, 0.2) is 0 Å². The van der Waals surface area contributed by atoms with Crippen molar-refractivity contribution in [1.29, 1.82) is 0 Å². The van der Waals surface area contributed by atoms with Crippen LogP contribution in [0, 0.1) is 5.92 Å². The Balaban J connectivity index is 3.81. The summed E-state index contributed by atoms with van der Waals surface area (Å²) in [6.07, 6.45) is 29.3. The summed E-state index contributed by atoms with van der Waals surface area (Å²) in [7, 11) is 0. The quantitative estimate of drug-likeness (QED) is 0.0630. The molecule has 3 N–H and O–H groups in total. The van der Waals surface area contributed by atoms with Crippen LogP contribution in [-0.2, 0) is 9.59 Å². The van der Waals surface area contributed by atoms with Crippen LogP contribution in [0.4, 0.5) is 0 Å². The Kier molecular flexibility index (Phi) is 30.6. The SMILES string of the molecule is CCCCCCCCCCCCCCCCC(C)C(=O)C(O)C(O)C(O)C(=O)CCCCCCCCCCCCCCC. The molecule has 0 aromatic carbocycles. The van der Waals surface area contributed by atoms with Gasteiger partial charge < -0.3 is 15.3 Å². The fourth-order valence-electron chi connectivity index (χ4n) is 6.08. The molecule has 0 amide bonds. The van der Waals surface area contributed by atoms with Crippen molar-refractivity contribution in [2.45, 2.75) is 225 Å². The number of unbranched alkanes of at least 4 members (excludes halogenated alkanes) is 25. The average molecular weight is 611 g/mol. The zero-order valence-corrected chi connectivity index (χ0v) is 29.0. The van der Waals surface area contributed by atoms with Gasteiger partial charge in [-0.1, -0.05) is 188 Å². The minimum atomic E-state index is -1.75. The van der Waals surface area contributed by atoms with Crippen LogP contribution < -0.4 is 0 Å². The summed E-state index contributed by atoms with van der Waals surface area (Å²) < 4.78 is 0. The Bertz CT molecular complexity index is 621. The molecule has 256 valence electrons. The fourth-order valence-corrected chi connectivity index (χ4v) is 6.08. The maximum Gasteiger partial charge on any atom is 0.166 e. The van der Waals surface area contributed by atoms with E-state index >= 15 is 0 Å². The molecule has 0 saturated carbocycles. The number of carbonyl (C=O) groups is 2. The molecule has 0 heterocycles. The smallest absolute Gasteiger partial charge is 0.166 e. The van der Waals surface area contributed by atoms with E-state index in [0.717, 1.165) is 32.1 Å². The van der Waals surface area contributed by atoms with E-state index < -0.39 is 35.8 Å². The first-order valence-corrected chi connectivity index (χ1v) is 19.0. The van der Waals surface area contributed by atoms with Crippen molar-refractivity contribution in [2.24, 2.45) is 5.92 Å². The van der Waals surface area contributed by atoms with Gasteiger partial charge >= 0.3 is 0 Å². The summed E-state index contributed by atoms with van der Waals surface area (Å²) in [5.41, 5.74) is 0. The molecule has 5 nitrogen and oxygen atoms in total. The van der Waals surface area contributed by atoms with Gasteiger partial charge in [-0.2, -0.15) is 0 Å². The maximum atomic E-state index is 12.6. The summed E-state index contributed by atoms with van der Waals surface area (Å²) in [5, 5.41) is 31.0. The molecule has 0 bridgehead atoms. The summed E-state index contributed by atoms with van der Waals surface area (Å²) in [6, 6.07) is 0. The Labute approximate surface area is 267 Å². The van der Waals surface area contributed by atoms with E-state index in [9.17, 15) is 24.9 Å². The molecule has 0 aliphatic heterocycles. The van der Waals surface area contributed by atoms with Crippen molar-refractivity contribution in [3.8, 4) is 0 Å². The number of ketones is 2. The van der Waals surface area contributed by atoms with Gasteiger partial charge in [0, 0.05) is 12.3 Å². The first kappa shape index (κ1) is 42.2. The van der Waals surface area contributed by atoms with Gasteiger partial charge in [-0.05, 0) is 12.8 Å². The van der Waals surface area contributed by atoms with Crippen LogP contribution >= 0.6 is 0 Å². The van der Waals surface area contributed by atoms with Gasteiger partial charge in [0.15, 0.2) is 11.6 Å². The Morgan fingerprint density at radius 3 is 1.09 bits per heavy atom. The lowest BCUT2D eigenvalue weighted by Crippen LogP contribution is -2.47. The second-order valence-corrected chi connectivity index (χ2v) is 13.5. The minimum Gasteiger partial charge on any atom is -0.387 e. The van der Waals surface area contributed by atoms with E-state index in [2.05, 4.69) is 13.8 Å². The van der Waals surface area contributed by atoms with Crippen LogP contribution in [0.25, 0.3) is 0 Å². The molecule has 0 aromatic rings. The zero-order chi connectivity index (χ0) is 32.0. The molecule has 0 radical (unpaired) electrons. The molecule has 0 spiro atoms. The molecule has 0 fully saturated rings. The highest BCUT2D eigenvalue weighted by molar-refractivity contribution is 5.88. The number of aliphatic hydroxyl groups is 3. The second kappa shape index (κ2) is 31.2. The monoisotopic (exact) mass is 611 g/mol. The third-order valence-electron chi connectivity index (χ3n) is 9.27. The molecule has 0 aliphatic carbocycles. The van der Waals surface area contributed by atoms with Crippen molar-refractivity contribution in [2.75, 3.05) is 0 Å². The largest absolute Gasteiger partial charge is 0.387 e. The molecule has 0 rings (SSSR count). The first-order valence-electron chi connectivity index (χ1n) is 19.0. The lowest BCUT2D eigenvalue weighted by Gasteiger charge is -2.23. The highest BCUT2D eigenvalue weighted by Crippen LogP contribution is 2.19. The number of hydrogen-bond acceptors (Lipinski definition) is 5. The molecule has 0 saturated heterocycles. The van der Waals surface area contributed by atoms with Gasteiger partial charge in [-0.3, -0.25) is 9.59 Å². The number of aliphatic hydroxyl groups excluding tert-OH is 3. The number of rotatable bonds is 34. The summed E-state index contributed by atoms with van der Waals surface area (Å²) >= 11 is 0. The standard InChI is InChI=1S/C38H74O5/c1-4-6-8-10-12-14-16-18-20-21-23-25-27-29-31-33(3)35(40)37(42)38(43)36(41)34(39)32-30-28-26-24-22-19-17-15-13-11-9-7-5-2/h33,36-38,41-43H,4-32H2,1-3H3. The lowest BCUT2D eigenvalue weighted by atomic mass is 9.90. The van der Waals surface area contributed by atoms with Gasteiger partial charge in [0.25, 0.3) is 0 Å². The summed E-state index contributed by atoms with van der Waals surface area (Å²) in [4.78, 5) is 25.0. The molecule has 43 heavy (non-hydrogen) atoms. The van der Waals surface area contributed by atoms with Crippen LogP contribution in [0.5, 0.6) is 0 Å². The number of hydrogen-bond donors (Lipinski definition) is 3.